The van der Waals surface area contributed by atoms with Gasteiger partial charge in [-0.15, -0.1) is 11.3 Å². The van der Waals surface area contributed by atoms with E-state index in [1.54, 1.807) is 23.6 Å². The summed E-state index contributed by atoms with van der Waals surface area (Å²) in [5.74, 6) is 1.78. The molecule has 0 bridgehead atoms. The van der Waals surface area contributed by atoms with Crippen LogP contribution in [0.4, 0.5) is 0 Å². The third-order valence-corrected chi connectivity index (χ3v) is 5.04. The minimum Gasteiger partial charge on any atom is -0.454 e. The Labute approximate surface area is 158 Å². The first-order chi connectivity index (χ1) is 13.1. The quantitative estimate of drug-likeness (QED) is 0.684. The van der Waals surface area contributed by atoms with Crippen LogP contribution in [-0.2, 0) is 11.3 Å². The van der Waals surface area contributed by atoms with Crippen LogP contribution in [0.2, 0.25) is 0 Å². The summed E-state index contributed by atoms with van der Waals surface area (Å²) in [7, 11) is 0. The van der Waals surface area contributed by atoms with E-state index in [9.17, 15) is 9.59 Å². The van der Waals surface area contributed by atoms with Crippen molar-refractivity contribution in [3.63, 3.8) is 0 Å². The van der Waals surface area contributed by atoms with Crippen molar-refractivity contribution in [2.45, 2.75) is 13.5 Å². The predicted molar refractivity (Wildman–Crippen MR) is 103 cm³/mol. The van der Waals surface area contributed by atoms with E-state index >= 15 is 0 Å². The van der Waals surface area contributed by atoms with Crippen molar-refractivity contribution in [2.75, 3.05) is 13.3 Å². The summed E-state index contributed by atoms with van der Waals surface area (Å²) in [5.41, 5.74) is 0.762. The van der Waals surface area contributed by atoms with Crippen LogP contribution in [0, 0.1) is 6.92 Å². The lowest BCUT2D eigenvalue weighted by Gasteiger charge is -2.09. The highest BCUT2D eigenvalue weighted by atomic mass is 32.1. The molecule has 8 heteroatoms. The zero-order valence-corrected chi connectivity index (χ0v) is 15.4. The van der Waals surface area contributed by atoms with Gasteiger partial charge in [0.05, 0.1) is 5.39 Å². The molecule has 1 aliphatic rings. The monoisotopic (exact) mass is 383 g/mol. The molecule has 27 heavy (non-hydrogen) atoms. The summed E-state index contributed by atoms with van der Waals surface area (Å²) < 4.78 is 12.2. The number of amides is 1. The number of carbonyl (C=O) groups is 1. The van der Waals surface area contributed by atoms with Gasteiger partial charge >= 0.3 is 0 Å². The van der Waals surface area contributed by atoms with Crippen LogP contribution < -0.4 is 20.3 Å². The molecule has 2 aromatic heterocycles. The van der Waals surface area contributed by atoms with Gasteiger partial charge in [0.1, 0.15) is 10.7 Å². The molecule has 3 heterocycles. The van der Waals surface area contributed by atoms with Gasteiger partial charge in [-0.1, -0.05) is 6.07 Å². The molecule has 0 unspecified atom stereocenters. The number of fused-ring (bicyclic) bond motifs is 2. The largest absolute Gasteiger partial charge is 0.454 e. The lowest BCUT2D eigenvalue weighted by Crippen LogP contribution is -2.31. The van der Waals surface area contributed by atoms with Crippen LogP contribution in [0.3, 0.4) is 0 Å². The Bertz CT molecular complexity index is 1100. The second-order valence-electron chi connectivity index (χ2n) is 5.99. The summed E-state index contributed by atoms with van der Waals surface area (Å²) >= 11 is 1.44. The fourth-order valence-electron chi connectivity index (χ4n) is 2.85. The molecule has 0 atom stereocenters. The summed E-state index contributed by atoms with van der Waals surface area (Å²) in [6.45, 7) is 2.71. The second-order valence-corrected chi connectivity index (χ2v) is 6.89. The number of ether oxygens (including phenoxy) is 2. The molecule has 3 aromatic rings. The summed E-state index contributed by atoms with van der Waals surface area (Å²) in [4.78, 5) is 29.7. The number of hydrogen-bond donors (Lipinski definition) is 1. The third-order valence-electron chi connectivity index (χ3n) is 4.23. The Hall–Kier alpha value is -3.13. The average Bonchev–Trinajstić information content (AvgIpc) is 3.31. The number of aromatic nitrogens is 2. The van der Waals surface area contributed by atoms with Crippen molar-refractivity contribution >= 4 is 33.5 Å². The first kappa shape index (κ1) is 17.3. The highest BCUT2D eigenvalue weighted by Gasteiger charge is 2.12. The van der Waals surface area contributed by atoms with Crippen molar-refractivity contribution in [2.24, 2.45) is 0 Å². The van der Waals surface area contributed by atoms with Crippen molar-refractivity contribution in [1.29, 1.82) is 0 Å². The predicted octanol–water partition coefficient (Wildman–Crippen LogP) is 2.32. The van der Waals surface area contributed by atoms with Gasteiger partial charge in [0.25, 0.3) is 5.56 Å². The van der Waals surface area contributed by atoms with Crippen molar-refractivity contribution in [3.05, 3.63) is 57.5 Å². The molecule has 138 valence electrons. The molecule has 1 aliphatic heterocycles. The van der Waals surface area contributed by atoms with Gasteiger partial charge in [-0.25, -0.2) is 4.98 Å². The van der Waals surface area contributed by atoms with Gasteiger partial charge in [-0.3, -0.25) is 14.2 Å². The van der Waals surface area contributed by atoms with Gasteiger partial charge in [-0.2, -0.15) is 0 Å². The van der Waals surface area contributed by atoms with Gasteiger partial charge in [0, 0.05) is 19.2 Å². The number of rotatable bonds is 5. The van der Waals surface area contributed by atoms with E-state index in [2.05, 4.69) is 10.3 Å². The van der Waals surface area contributed by atoms with Crippen LogP contribution >= 0.6 is 11.3 Å². The normalized spacial score (nSPS) is 12.8. The molecule has 1 aromatic carbocycles. The summed E-state index contributed by atoms with van der Waals surface area (Å²) in [5, 5.41) is 5.25. The maximum absolute atomic E-state index is 12.5. The molecule has 0 radical (unpaired) electrons. The maximum Gasteiger partial charge on any atom is 0.262 e. The van der Waals surface area contributed by atoms with E-state index in [1.807, 2.05) is 23.6 Å². The van der Waals surface area contributed by atoms with Crippen molar-refractivity contribution in [3.8, 4) is 11.5 Å². The Kier molecular flexibility index (Phi) is 4.64. The molecule has 0 aliphatic carbocycles. The standard InChI is InChI=1S/C19H17N3O4S/c1-12-21-18-14(6-9-27-18)19(24)22(12)8-7-20-17(23)5-3-13-2-4-15-16(10-13)26-11-25-15/h2-6,9-10H,7-8,11H2,1H3,(H,20,23). The molecule has 1 N–H and O–H groups in total. The minimum absolute atomic E-state index is 0.0797. The van der Waals surface area contributed by atoms with Crippen molar-refractivity contribution < 1.29 is 14.3 Å². The van der Waals surface area contributed by atoms with Crippen LogP contribution in [0.5, 0.6) is 11.5 Å². The zero-order chi connectivity index (χ0) is 18.8. The fourth-order valence-corrected chi connectivity index (χ4v) is 3.65. The first-order valence-corrected chi connectivity index (χ1v) is 9.30. The molecule has 4 rings (SSSR count). The number of carbonyl (C=O) groups excluding carboxylic acids is 1. The Morgan fingerprint density at radius 2 is 2.19 bits per heavy atom. The number of benzene rings is 1. The maximum atomic E-state index is 12.5. The van der Waals surface area contributed by atoms with Gasteiger partial charge in [-0.05, 0) is 42.1 Å². The molecule has 1 amide bonds. The molecular weight excluding hydrogens is 366 g/mol. The molecule has 7 nitrogen and oxygen atoms in total. The van der Waals surface area contributed by atoms with E-state index in [0.717, 1.165) is 10.4 Å². The molecule has 0 saturated carbocycles. The van der Waals surface area contributed by atoms with Crippen molar-refractivity contribution in [1.82, 2.24) is 14.9 Å². The SMILES string of the molecule is Cc1nc2sccc2c(=O)n1CCNC(=O)C=Cc1ccc2c(c1)OCO2. The molecule has 0 spiro atoms. The number of thiophene rings is 1. The van der Waals surface area contributed by atoms with E-state index in [0.29, 0.717) is 35.8 Å². The third kappa shape index (κ3) is 3.56. The zero-order valence-electron chi connectivity index (χ0n) is 14.6. The number of aryl methyl sites for hydroxylation is 1. The van der Waals surface area contributed by atoms with E-state index in [1.165, 1.54) is 17.4 Å². The number of hydrogen-bond acceptors (Lipinski definition) is 6. The minimum atomic E-state index is -0.233. The smallest absolute Gasteiger partial charge is 0.262 e. The topological polar surface area (TPSA) is 82.5 Å². The average molecular weight is 383 g/mol. The van der Waals surface area contributed by atoms with Crippen LogP contribution in [0.25, 0.3) is 16.3 Å². The van der Waals surface area contributed by atoms with Gasteiger partial charge in [0.2, 0.25) is 12.7 Å². The number of nitrogens with zero attached hydrogens (tertiary/aromatic N) is 2. The Morgan fingerprint density at radius 3 is 3.07 bits per heavy atom. The van der Waals surface area contributed by atoms with Crippen LogP contribution in [0.15, 0.2) is 40.5 Å². The lowest BCUT2D eigenvalue weighted by molar-refractivity contribution is -0.116. The van der Waals surface area contributed by atoms with E-state index in [-0.39, 0.29) is 18.3 Å². The van der Waals surface area contributed by atoms with E-state index < -0.39 is 0 Å². The highest BCUT2D eigenvalue weighted by Crippen LogP contribution is 2.32. The van der Waals surface area contributed by atoms with E-state index in [4.69, 9.17) is 9.47 Å². The Morgan fingerprint density at radius 1 is 1.33 bits per heavy atom. The number of nitrogens with one attached hydrogen (secondary N) is 1. The molecule has 0 saturated heterocycles. The highest BCUT2D eigenvalue weighted by molar-refractivity contribution is 7.16. The van der Waals surface area contributed by atoms with Gasteiger partial charge < -0.3 is 14.8 Å². The molecular formula is C19H17N3O4S. The van der Waals surface area contributed by atoms with Crippen LogP contribution in [-0.4, -0.2) is 28.8 Å². The van der Waals surface area contributed by atoms with Gasteiger partial charge in [0.15, 0.2) is 11.5 Å². The fraction of sp³-hybridized carbons (Fsp3) is 0.211. The first-order valence-electron chi connectivity index (χ1n) is 8.42. The molecule has 0 fully saturated rings. The summed E-state index contributed by atoms with van der Waals surface area (Å²) in [6.07, 6.45) is 3.15. The Balaban J connectivity index is 1.36. The lowest BCUT2D eigenvalue weighted by atomic mass is 10.2. The second kappa shape index (κ2) is 7.24. The van der Waals surface area contributed by atoms with Crippen LogP contribution in [0.1, 0.15) is 11.4 Å². The summed E-state index contributed by atoms with van der Waals surface area (Å²) in [6, 6.07) is 7.25.